The highest BCUT2D eigenvalue weighted by Crippen LogP contribution is 2.29. The molecule has 13 heteroatoms. The molecule has 35 heavy (non-hydrogen) atoms. The highest BCUT2D eigenvalue weighted by molar-refractivity contribution is 7.10. The van der Waals surface area contributed by atoms with Crippen molar-refractivity contribution in [3.8, 4) is 0 Å². The number of likely N-dealkylation sites (tertiary alicyclic amines) is 1. The molecule has 0 saturated carbocycles. The predicted octanol–water partition coefficient (Wildman–Crippen LogP) is 4.42. The SMILES string of the molecule is O=C(Nc1snnc1C(=O)N[C@@H](CN1CCCC1)c1ccc(Cl)cc1)c1cncc(C(F)(F)F)c1. The van der Waals surface area contributed by atoms with Crippen molar-refractivity contribution in [2.75, 3.05) is 25.0 Å². The largest absolute Gasteiger partial charge is 0.417 e. The predicted molar refractivity (Wildman–Crippen MR) is 124 cm³/mol. The van der Waals surface area contributed by atoms with Crippen LogP contribution in [0.3, 0.4) is 0 Å². The summed E-state index contributed by atoms with van der Waals surface area (Å²) in [6.45, 7) is 2.41. The van der Waals surface area contributed by atoms with E-state index in [9.17, 15) is 22.8 Å². The summed E-state index contributed by atoms with van der Waals surface area (Å²) in [6, 6.07) is 7.43. The maximum atomic E-state index is 13.1. The third-order valence-electron chi connectivity index (χ3n) is 5.48. The van der Waals surface area contributed by atoms with Crippen LogP contribution in [-0.2, 0) is 6.18 Å². The Labute approximate surface area is 207 Å². The van der Waals surface area contributed by atoms with E-state index >= 15 is 0 Å². The molecule has 0 aliphatic carbocycles. The number of hydrogen-bond acceptors (Lipinski definition) is 7. The Balaban J connectivity index is 1.50. The number of nitrogens with zero attached hydrogens (tertiary/aromatic N) is 4. The summed E-state index contributed by atoms with van der Waals surface area (Å²) >= 11 is 6.75. The molecule has 1 atom stereocenters. The van der Waals surface area contributed by atoms with Crippen molar-refractivity contribution in [2.24, 2.45) is 0 Å². The molecule has 0 spiro atoms. The third kappa shape index (κ3) is 6.32. The number of nitrogens with one attached hydrogen (secondary N) is 2. The fourth-order valence-electron chi connectivity index (χ4n) is 3.70. The standard InChI is InChI=1S/C22H20ClF3N6O2S/c23-16-5-3-13(4-6-16)17(12-32-7-1-2-8-32)28-20(34)18-21(35-31-30-18)29-19(33)14-9-15(11-27-10-14)22(24,25)26/h3-6,9-11,17H,1-2,7-8,12H2,(H,28,34)(H,29,33)/t17-/m0/s1. The van der Waals surface area contributed by atoms with Crippen LogP contribution >= 0.6 is 23.1 Å². The Morgan fingerprint density at radius 3 is 2.51 bits per heavy atom. The summed E-state index contributed by atoms with van der Waals surface area (Å²) in [5.41, 5.74) is -0.659. The van der Waals surface area contributed by atoms with E-state index in [1.54, 1.807) is 12.1 Å². The molecular weight excluding hydrogens is 505 g/mol. The molecule has 0 bridgehead atoms. The van der Waals surface area contributed by atoms with Crippen molar-refractivity contribution in [2.45, 2.75) is 25.1 Å². The molecule has 8 nitrogen and oxygen atoms in total. The normalized spacial score (nSPS) is 15.1. The van der Waals surface area contributed by atoms with Gasteiger partial charge in [-0.3, -0.25) is 14.6 Å². The molecule has 2 aromatic heterocycles. The van der Waals surface area contributed by atoms with Gasteiger partial charge in [-0.15, -0.1) is 5.10 Å². The highest BCUT2D eigenvalue weighted by atomic mass is 35.5. The van der Waals surface area contributed by atoms with E-state index < -0.39 is 23.6 Å². The average Bonchev–Trinajstić information content (AvgIpc) is 3.51. The van der Waals surface area contributed by atoms with Crippen LogP contribution in [0.4, 0.5) is 18.2 Å². The molecule has 0 unspecified atom stereocenters. The van der Waals surface area contributed by atoms with Gasteiger partial charge < -0.3 is 15.5 Å². The van der Waals surface area contributed by atoms with Crippen molar-refractivity contribution in [1.29, 1.82) is 0 Å². The van der Waals surface area contributed by atoms with Crippen LogP contribution in [0.15, 0.2) is 42.7 Å². The Morgan fingerprint density at radius 2 is 1.83 bits per heavy atom. The maximum Gasteiger partial charge on any atom is 0.417 e. The number of halogens is 4. The maximum absolute atomic E-state index is 13.1. The Kier molecular flexibility index (Phi) is 7.63. The lowest BCUT2D eigenvalue weighted by atomic mass is 10.1. The molecule has 2 N–H and O–H groups in total. The second-order valence-electron chi connectivity index (χ2n) is 7.95. The minimum absolute atomic E-state index is 0.0148. The lowest BCUT2D eigenvalue weighted by Crippen LogP contribution is -2.37. The van der Waals surface area contributed by atoms with Gasteiger partial charge in [0.25, 0.3) is 11.8 Å². The van der Waals surface area contributed by atoms with Crippen molar-refractivity contribution >= 4 is 39.9 Å². The van der Waals surface area contributed by atoms with Gasteiger partial charge in [-0.1, -0.05) is 28.2 Å². The summed E-state index contributed by atoms with van der Waals surface area (Å²) in [6.07, 6.45) is -0.852. The minimum atomic E-state index is -4.65. The molecule has 1 aromatic carbocycles. The van der Waals surface area contributed by atoms with Crippen LogP contribution in [0.1, 0.15) is 50.9 Å². The molecule has 1 saturated heterocycles. The van der Waals surface area contributed by atoms with Gasteiger partial charge in [0.05, 0.1) is 17.2 Å². The summed E-state index contributed by atoms with van der Waals surface area (Å²) in [7, 11) is 0. The van der Waals surface area contributed by atoms with Crippen molar-refractivity contribution in [1.82, 2.24) is 24.8 Å². The summed E-state index contributed by atoms with van der Waals surface area (Å²) in [5, 5.41) is 9.76. The second-order valence-corrected chi connectivity index (χ2v) is 9.14. The quantitative estimate of drug-likeness (QED) is 0.474. The third-order valence-corrected chi connectivity index (χ3v) is 6.37. The first-order valence-electron chi connectivity index (χ1n) is 10.7. The first-order chi connectivity index (χ1) is 16.7. The van der Waals surface area contributed by atoms with Gasteiger partial charge in [0, 0.05) is 35.5 Å². The van der Waals surface area contributed by atoms with E-state index in [1.165, 1.54) is 0 Å². The van der Waals surface area contributed by atoms with Gasteiger partial charge >= 0.3 is 6.18 Å². The molecule has 0 radical (unpaired) electrons. The van der Waals surface area contributed by atoms with E-state index in [2.05, 4.69) is 30.1 Å². The second kappa shape index (κ2) is 10.7. The zero-order valence-electron chi connectivity index (χ0n) is 18.2. The molecule has 1 fully saturated rings. The van der Waals surface area contributed by atoms with Crippen LogP contribution < -0.4 is 10.6 Å². The number of pyridine rings is 1. The molecule has 1 aliphatic rings. The smallest absolute Gasteiger partial charge is 0.342 e. The minimum Gasteiger partial charge on any atom is -0.342 e. The molecule has 3 heterocycles. The lowest BCUT2D eigenvalue weighted by molar-refractivity contribution is -0.137. The summed E-state index contributed by atoms with van der Waals surface area (Å²) in [5.74, 6) is -1.44. The Morgan fingerprint density at radius 1 is 1.11 bits per heavy atom. The van der Waals surface area contributed by atoms with Crippen LogP contribution in [-0.4, -0.2) is 50.9 Å². The number of aromatic nitrogens is 3. The number of amides is 2. The molecule has 2 amide bonds. The van der Waals surface area contributed by atoms with Crippen LogP contribution in [0, 0.1) is 0 Å². The van der Waals surface area contributed by atoms with Gasteiger partial charge in [-0.05, 0) is 49.7 Å². The van der Waals surface area contributed by atoms with E-state index in [-0.39, 0.29) is 22.3 Å². The van der Waals surface area contributed by atoms with Crippen LogP contribution in [0.5, 0.6) is 0 Å². The first kappa shape index (κ1) is 25.0. The van der Waals surface area contributed by atoms with Crippen LogP contribution in [0.25, 0.3) is 0 Å². The van der Waals surface area contributed by atoms with Gasteiger partial charge in [-0.25, -0.2) is 0 Å². The number of benzene rings is 1. The number of carbonyl (C=O) groups is 2. The number of alkyl halides is 3. The molecule has 184 valence electrons. The lowest BCUT2D eigenvalue weighted by Gasteiger charge is -2.24. The number of carbonyl (C=O) groups excluding carboxylic acids is 2. The Bertz CT molecular complexity index is 1200. The van der Waals surface area contributed by atoms with E-state index in [4.69, 9.17) is 11.6 Å². The van der Waals surface area contributed by atoms with Crippen molar-refractivity contribution < 1.29 is 22.8 Å². The van der Waals surface area contributed by atoms with Gasteiger partial charge in [0.1, 0.15) is 5.00 Å². The van der Waals surface area contributed by atoms with Gasteiger partial charge in [-0.2, -0.15) is 13.2 Å². The molecular formula is C22H20ClF3N6O2S. The molecule has 3 aromatic rings. The summed E-state index contributed by atoms with van der Waals surface area (Å²) in [4.78, 5) is 31.4. The van der Waals surface area contributed by atoms with Gasteiger partial charge in [0.2, 0.25) is 0 Å². The number of hydrogen-bond donors (Lipinski definition) is 2. The first-order valence-corrected chi connectivity index (χ1v) is 11.8. The fourth-order valence-corrected chi connectivity index (χ4v) is 4.38. The van der Waals surface area contributed by atoms with Crippen molar-refractivity contribution in [3.63, 3.8) is 0 Å². The zero-order valence-corrected chi connectivity index (χ0v) is 19.8. The highest BCUT2D eigenvalue weighted by Gasteiger charge is 2.32. The molecule has 4 rings (SSSR count). The van der Waals surface area contributed by atoms with E-state index in [0.717, 1.165) is 49.2 Å². The fraction of sp³-hybridized carbons (Fsp3) is 0.318. The van der Waals surface area contributed by atoms with Crippen molar-refractivity contribution in [3.05, 3.63) is 70.1 Å². The Hall–Kier alpha value is -3.09. The van der Waals surface area contributed by atoms with Crippen LogP contribution in [0.2, 0.25) is 5.02 Å². The molecule has 1 aliphatic heterocycles. The number of rotatable bonds is 7. The van der Waals surface area contributed by atoms with Gasteiger partial charge in [0.15, 0.2) is 5.69 Å². The summed E-state index contributed by atoms with van der Waals surface area (Å²) < 4.78 is 42.6. The average molecular weight is 525 g/mol. The monoisotopic (exact) mass is 524 g/mol. The zero-order chi connectivity index (χ0) is 25.0. The topological polar surface area (TPSA) is 100 Å². The van der Waals surface area contributed by atoms with E-state index in [0.29, 0.717) is 23.8 Å². The number of anilines is 1. The van der Waals surface area contributed by atoms with E-state index in [1.807, 2.05) is 12.1 Å².